The maximum absolute atomic E-state index is 13.4. The van der Waals surface area contributed by atoms with E-state index in [0.717, 1.165) is 18.5 Å². The van der Waals surface area contributed by atoms with E-state index in [1.807, 2.05) is 49.1 Å². The number of likely N-dealkylation sites (N-methyl/N-ethyl adjacent to an activating group) is 1. The number of hydrogen-bond acceptors (Lipinski definition) is 4. The molecule has 1 atom stereocenters. The predicted molar refractivity (Wildman–Crippen MR) is 107 cm³/mol. The lowest BCUT2D eigenvalue weighted by atomic mass is 10.1. The van der Waals surface area contributed by atoms with Crippen molar-refractivity contribution in [2.24, 2.45) is 0 Å². The molecule has 26 heavy (non-hydrogen) atoms. The number of allylic oxidation sites excluding steroid dienone is 5. The molecule has 0 spiro atoms. The van der Waals surface area contributed by atoms with Crippen LogP contribution in [0.5, 0.6) is 0 Å². The van der Waals surface area contributed by atoms with Crippen LogP contribution >= 0.6 is 0 Å². The van der Waals surface area contributed by atoms with Crippen molar-refractivity contribution in [1.29, 1.82) is 0 Å². The van der Waals surface area contributed by atoms with Crippen LogP contribution in [0.25, 0.3) is 0 Å². The molecular formula is C21H35FN2O2. The van der Waals surface area contributed by atoms with E-state index in [1.54, 1.807) is 6.92 Å². The Morgan fingerprint density at radius 1 is 1.23 bits per heavy atom. The van der Waals surface area contributed by atoms with Gasteiger partial charge in [0.15, 0.2) is 5.78 Å². The molecule has 1 N–H and O–H groups in total. The molecule has 0 rings (SSSR count). The number of halogens is 1. The first kappa shape index (κ1) is 24.3. The van der Waals surface area contributed by atoms with E-state index >= 15 is 0 Å². The topological polar surface area (TPSA) is 43.8 Å². The maximum Gasteiger partial charge on any atom is 0.158 e. The molecule has 4 nitrogen and oxygen atoms in total. The van der Waals surface area contributed by atoms with Crippen LogP contribution in [0.15, 0.2) is 47.0 Å². The van der Waals surface area contributed by atoms with Gasteiger partial charge in [-0.1, -0.05) is 32.1 Å². The SMILES string of the molecule is C\C=C/C=C(\C=C(/C)F)CN(C)N(CCC)C(CC)/C(O)=C(/C)C(C)=O. The summed E-state index contributed by atoms with van der Waals surface area (Å²) in [7, 11) is 1.92. The fourth-order valence-electron chi connectivity index (χ4n) is 2.75. The predicted octanol–water partition coefficient (Wildman–Crippen LogP) is 5.12. The third kappa shape index (κ3) is 8.11. The zero-order chi connectivity index (χ0) is 20.3. The fourth-order valence-corrected chi connectivity index (χ4v) is 2.75. The Labute approximate surface area is 158 Å². The Bertz CT molecular complexity index is 573. The zero-order valence-corrected chi connectivity index (χ0v) is 17.3. The third-order valence-corrected chi connectivity index (χ3v) is 4.16. The van der Waals surface area contributed by atoms with Gasteiger partial charge in [-0.25, -0.2) is 14.4 Å². The highest BCUT2D eigenvalue weighted by Gasteiger charge is 2.26. The van der Waals surface area contributed by atoms with Gasteiger partial charge in [0.1, 0.15) is 5.76 Å². The molecule has 0 saturated heterocycles. The second-order valence-electron chi connectivity index (χ2n) is 6.47. The second kappa shape index (κ2) is 12.6. The van der Waals surface area contributed by atoms with Gasteiger partial charge >= 0.3 is 0 Å². The second-order valence-corrected chi connectivity index (χ2v) is 6.47. The molecule has 0 heterocycles. The number of Topliss-reactive ketones (excluding diaryl/α,β-unsaturated/α-hetero) is 1. The van der Waals surface area contributed by atoms with Crippen molar-refractivity contribution >= 4 is 5.78 Å². The van der Waals surface area contributed by atoms with E-state index in [-0.39, 0.29) is 23.4 Å². The Kier molecular flexibility index (Phi) is 11.8. The average molecular weight is 367 g/mol. The van der Waals surface area contributed by atoms with Crippen LogP contribution in [0.4, 0.5) is 4.39 Å². The first-order valence-corrected chi connectivity index (χ1v) is 9.23. The smallest absolute Gasteiger partial charge is 0.158 e. The highest BCUT2D eigenvalue weighted by molar-refractivity contribution is 5.93. The summed E-state index contributed by atoms with van der Waals surface area (Å²) in [4.78, 5) is 11.7. The number of carbonyl (C=O) groups excluding carboxylic acids is 1. The number of hydrazine groups is 1. The van der Waals surface area contributed by atoms with Crippen LogP contribution in [-0.2, 0) is 4.79 Å². The molecule has 0 aromatic heterocycles. The molecule has 0 radical (unpaired) electrons. The molecule has 0 bridgehead atoms. The third-order valence-electron chi connectivity index (χ3n) is 4.16. The van der Waals surface area contributed by atoms with E-state index in [9.17, 15) is 14.3 Å². The highest BCUT2D eigenvalue weighted by Crippen LogP contribution is 2.20. The number of hydrogen-bond donors (Lipinski definition) is 1. The van der Waals surface area contributed by atoms with Crippen molar-refractivity contribution in [1.82, 2.24) is 10.0 Å². The normalized spacial score (nSPS) is 15.8. The quantitative estimate of drug-likeness (QED) is 0.238. The van der Waals surface area contributed by atoms with Crippen molar-refractivity contribution in [3.8, 4) is 0 Å². The van der Waals surface area contributed by atoms with Crippen LogP contribution in [0.3, 0.4) is 0 Å². The van der Waals surface area contributed by atoms with Gasteiger partial charge in [0, 0.05) is 25.7 Å². The van der Waals surface area contributed by atoms with Gasteiger partial charge in [0.25, 0.3) is 0 Å². The van der Waals surface area contributed by atoms with Gasteiger partial charge < -0.3 is 5.11 Å². The molecule has 0 aliphatic rings. The summed E-state index contributed by atoms with van der Waals surface area (Å²) >= 11 is 0. The molecule has 0 fully saturated rings. The minimum Gasteiger partial charge on any atom is -0.510 e. The molecule has 0 aromatic rings. The number of nitrogens with zero attached hydrogens (tertiary/aromatic N) is 2. The molecule has 0 amide bonds. The number of rotatable bonds is 11. The Morgan fingerprint density at radius 3 is 2.27 bits per heavy atom. The summed E-state index contributed by atoms with van der Waals surface area (Å²) in [5.41, 5.74) is 1.21. The van der Waals surface area contributed by atoms with Gasteiger partial charge in [-0.2, -0.15) is 0 Å². The van der Waals surface area contributed by atoms with Gasteiger partial charge in [-0.3, -0.25) is 4.79 Å². The van der Waals surface area contributed by atoms with Crippen molar-refractivity contribution < 1.29 is 14.3 Å². The Morgan fingerprint density at radius 2 is 1.85 bits per heavy atom. The zero-order valence-electron chi connectivity index (χ0n) is 17.3. The Balaban J connectivity index is 5.72. The first-order valence-electron chi connectivity index (χ1n) is 9.23. The lowest BCUT2D eigenvalue weighted by Crippen LogP contribution is -2.48. The summed E-state index contributed by atoms with van der Waals surface area (Å²) in [5, 5.41) is 14.6. The molecule has 148 valence electrons. The number of aliphatic hydroxyl groups is 1. The van der Waals surface area contributed by atoms with E-state index in [2.05, 4.69) is 6.92 Å². The van der Waals surface area contributed by atoms with Crippen molar-refractivity contribution in [2.75, 3.05) is 20.1 Å². The van der Waals surface area contributed by atoms with Crippen LogP contribution in [0.1, 0.15) is 54.4 Å². The summed E-state index contributed by atoms with van der Waals surface area (Å²) in [6.07, 6.45) is 8.71. The van der Waals surface area contributed by atoms with E-state index < -0.39 is 0 Å². The van der Waals surface area contributed by atoms with Gasteiger partial charge in [-0.05, 0) is 52.2 Å². The monoisotopic (exact) mass is 366 g/mol. The average Bonchev–Trinajstić information content (AvgIpc) is 2.57. The number of aliphatic hydroxyl groups excluding tert-OH is 1. The van der Waals surface area contributed by atoms with Crippen LogP contribution in [0, 0.1) is 0 Å². The minimum atomic E-state index is -0.290. The lowest BCUT2D eigenvalue weighted by Gasteiger charge is -2.38. The van der Waals surface area contributed by atoms with Gasteiger partial charge in [0.05, 0.1) is 11.9 Å². The van der Waals surface area contributed by atoms with Crippen molar-refractivity contribution in [2.45, 2.75) is 60.4 Å². The van der Waals surface area contributed by atoms with Crippen LogP contribution in [-0.4, -0.2) is 47.1 Å². The molecule has 0 saturated carbocycles. The molecule has 0 aromatic carbocycles. The van der Waals surface area contributed by atoms with E-state index in [1.165, 1.54) is 19.9 Å². The van der Waals surface area contributed by atoms with Crippen LogP contribution in [0.2, 0.25) is 0 Å². The minimum absolute atomic E-state index is 0.108. The van der Waals surface area contributed by atoms with Gasteiger partial charge in [-0.15, -0.1) is 0 Å². The molecule has 0 aliphatic heterocycles. The van der Waals surface area contributed by atoms with Crippen LogP contribution < -0.4 is 0 Å². The molecule has 1 unspecified atom stereocenters. The molecule has 0 aliphatic carbocycles. The van der Waals surface area contributed by atoms with Gasteiger partial charge in [0.2, 0.25) is 0 Å². The molecular weight excluding hydrogens is 331 g/mol. The Hall–Kier alpha value is -1.72. The lowest BCUT2D eigenvalue weighted by molar-refractivity contribution is -0.114. The highest BCUT2D eigenvalue weighted by atomic mass is 19.1. The largest absolute Gasteiger partial charge is 0.510 e. The van der Waals surface area contributed by atoms with E-state index in [0.29, 0.717) is 18.5 Å². The summed E-state index contributed by atoms with van der Waals surface area (Å²) in [5.74, 6) is -0.278. The molecule has 5 heteroatoms. The standard InChI is InChI=1S/C21H35FN2O2/c1-8-11-12-19(14-16(4)22)15-23(7)24(13-9-2)20(10-3)21(26)17(5)18(6)25/h8,11-12,14,20,26H,9-10,13,15H2,1-7H3/b11-8-,16-14+,19-12+,21-17+. The number of carbonyl (C=O) groups is 1. The van der Waals surface area contributed by atoms with Crippen molar-refractivity contribution in [3.63, 3.8) is 0 Å². The first-order chi connectivity index (χ1) is 12.2. The summed E-state index contributed by atoms with van der Waals surface area (Å²) < 4.78 is 13.4. The fraction of sp³-hybridized carbons (Fsp3) is 0.571. The van der Waals surface area contributed by atoms with E-state index in [4.69, 9.17) is 0 Å². The summed E-state index contributed by atoms with van der Waals surface area (Å²) in [6, 6.07) is -0.290. The summed E-state index contributed by atoms with van der Waals surface area (Å²) in [6.45, 7) is 11.7. The maximum atomic E-state index is 13.4. The van der Waals surface area contributed by atoms with Crippen molar-refractivity contribution in [3.05, 3.63) is 47.0 Å². The number of ketones is 1.